The van der Waals surface area contributed by atoms with Crippen LogP contribution in [0.15, 0.2) is 18.2 Å². The van der Waals surface area contributed by atoms with Crippen molar-refractivity contribution >= 4 is 28.5 Å². The summed E-state index contributed by atoms with van der Waals surface area (Å²) in [5.41, 5.74) is 0.514. The Hall–Kier alpha value is -0.690. The van der Waals surface area contributed by atoms with Crippen molar-refractivity contribution in [2.24, 2.45) is 0 Å². The molecule has 3 nitrogen and oxygen atoms in total. The van der Waals surface area contributed by atoms with Crippen molar-refractivity contribution in [3.05, 3.63) is 33.1 Å². The summed E-state index contributed by atoms with van der Waals surface area (Å²) in [5.74, 6) is -0.485. The van der Waals surface area contributed by atoms with Gasteiger partial charge in [-0.1, -0.05) is 0 Å². The molecule has 0 aromatic heterocycles. The molecule has 19 heavy (non-hydrogen) atoms. The number of rotatable bonds is 7. The maximum absolute atomic E-state index is 12.9. The van der Waals surface area contributed by atoms with Crippen molar-refractivity contribution in [1.29, 1.82) is 0 Å². The molecular weight excluding hydrogens is 360 g/mol. The van der Waals surface area contributed by atoms with E-state index in [4.69, 9.17) is 4.74 Å². The Labute approximate surface area is 127 Å². The molecule has 1 amide bonds. The summed E-state index contributed by atoms with van der Waals surface area (Å²) >= 11 is 1.96. The Morgan fingerprint density at radius 2 is 2.16 bits per heavy atom. The van der Waals surface area contributed by atoms with E-state index < -0.39 is 0 Å². The average molecular weight is 379 g/mol. The topological polar surface area (TPSA) is 38.3 Å². The Bertz CT molecular complexity index is 424. The second kappa shape index (κ2) is 8.47. The van der Waals surface area contributed by atoms with E-state index in [2.05, 4.69) is 5.32 Å². The van der Waals surface area contributed by atoms with Gasteiger partial charge >= 0.3 is 0 Å². The summed E-state index contributed by atoms with van der Waals surface area (Å²) in [5, 5.41) is 2.83. The molecule has 1 rings (SSSR count). The minimum absolute atomic E-state index is 0.158. The van der Waals surface area contributed by atoms with Crippen LogP contribution in [0.4, 0.5) is 4.39 Å². The van der Waals surface area contributed by atoms with Crippen LogP contribution in [0.5, 0.6) is 0 Å². The summed E-state index contributed by atoms with van der Waals surface area (Å²) in [6, 6.07) is 4.16. The summed E-state index contributed by atoms with van der Waals surface area (Å²) in [6.45, 7) is 5.31. The predicted molar refractivity (Wildman–Crippen MR) is 81.8 cm³/mol. The molecule has 0 unspecified atom stereocenters. The summed E-state index contributed by atoms with van der Waals surface area (Å²) in [6.07, 6.45) is 2.03. The third kappa shape index (κ3) is 6.33. The third-order valence-electron chi connectivity index (χ3n) is 2.48. The lowest BCUT2D eigenvalue weighted by molar-refractivity contribution is 0.0754. The van der Waals surface area contributed by atoms with Gasteiger partial charge < -0.3 is 10.1 Å². The first-order valence-corrected chi connectivity index (χ1v) is 7.43. The zero-order chi connectivity index (χ0) is 14.3. The zero-order valence-electron chi connectivity index (χ0n) is 11.2. The molecule has 0 spiro atoms. The van der Waals surface area contributed by atoms with Gasteiger partial charge in [-0.25, -0.2) is 4.39 Å². The van der Waals surface area contributed by atoms with Gasteiger partial charge in [0.2, 0.25) is 0 Å². The molecule has 5 heteroatoms. The van der Waals surface area contributed by atoms with Gasteiger partial charge in [0.05, 0.1) is 11.7 Å². The van der Waals surface area contributed by atoms with Crippen LogP contribution in [0.3, 0.4) is 0 Å². The van der Waals surface area contributed by atoms with Crippen LogP contribution in [-0.2, 0) is 4.74 Å². The summed E-state index contributed by atoms with van der Waals surface area (Å²) < 4.78 is 19.0. The molecule has 0 radical (unpaired) electrons. The molecule has 0 aliphatic rings. The molecule has 1 N–H and O–H groups in total. The highest BCUT2D eigenvalue weighted by atomic mass is 127. The quantitative estimate of drug-likeness (QED) is 0.583. The van der Waals surface area contributed by atoms with Crippen LogP contribution < -0.4 is 5.32 Å². The van der Waals surface area contributed by atoms with Gasteiger partial charge in [-0.3, -0.25) is 4.79 Å². The van der Waals surface area contributed by atoms with Gasteiger partial charge in [0.25, 0.3) is 5.91 Å². The molecule has 0 aliphatic heterocycles. The second-order valence-electron chi connectivity index (χ2n) is 4.51. The lowest BCUT2D eigenvalue weighted by Crippen LogP contribution is -2.25. The van der Waals surface area contributed by atoms with Gasteiger partial charge in [-0.2, -0.15) is 0 Å². The van der Waals surface area contributed by atoms with Crippen molar-refractivity contribution in [1.82, 2.24) is 5.32 Å². The molecule has 1 aromatic carbocycles. The molecular formula is C14H19FINO2. The molecule has 0 saturated carbocycles. The van der Waals surface area contributed by atoms with E-state index in [0.717, 1.165) is 12.8 Å². The number of unbranched alkanes of at least 4 members (excludes halogenated alkanes) is 1. The van der Waals surface area contributed by atoms with Crippen molar-refractivity contribution in [3.8, 4) is 0 Å². The molecule has 0 heterocycles. The fourth-order valence-electron chi connectivity index (χ4n) is 1.52. The minimum atomic E-state index is -0.327. The minimum Gasteiger partial charge on any atom is -0.379 e. The highest BCUT2D eigenvalue weighted by Crippen LogP contribution is 2.13. The van der Waals surface area contributed by atoms with Crippen molar-refractivity contribution < 1.29 is 13.9 Å². The molecule has 0 atom stereocenters. The molecule has 106 valence electrons. The first kappa shape index (κ1) is 16.4. The molecule has 0 fully saturated rings. The normalized spacial score (nSPS) is 10.8. The Kier molecular flexibility index (Phi) is 7.30. The van der Waals surface area contributed by atoms with Crippen LogP contribution in [0.25, 0.3) is 0 Å². The van der Waals surface area contributed by atoms with Gasteiger partial charge in [0.15, 0.2) is 0 Å². The standard InChI is InChI=1S/C14H19FINO2/c1-10(2)19-8-4-3-7-17-14(18)12-6-5-11(15)9-13(12)16/h5-6,9-10H,3-4,7-8H2,1-2H3,(H,17,18). The lowest BCUT2D eigenvalue weighted by Gasteiger charge is -2.08. The van der Waals surface area contributed by atoms with Gasteiger partial charge in [0, 0.05) is 16.7 Å². The van der Waals surface area contributed by atoms with Crippen LogP contribution in [0.1, 0.15) is 37.0 Å². The number of benzene rings is 1. The number of amides is 1. The molecule has 0 aliphatic carbocycles. The Morgan fingerprint density at radius 1 is 1.42 bits per heavy atom. The van der Waals surface area contributed by atoms with Gasteiger partial charge in [-0.05, 0) is 67.5 Å². The third-order valence-corrected chi connectivity index (χ3v) is 3.38. The largest absolute Gasteiger partial charge is 0.379 e. The first-order chi connectivity index (χ1) is 9.00. The van der Waals surface area contributed by atoms with E-state index in [1.54, 1.807) is 0 Å². The number of carbonyl (C=O) groups is 1. The molecule has 0 bridgehead atoms. The van der Waals surface area contributed by atoms with Gasteiger partial charge in [0.1, 0.15) is 5.82 Å². The first-order valence-electron chi connectivity index (χ1n) is 6.35. The van der Waals surface area contributed by atoms with Crippen LogP contribution >= 0.6 is 22.6 Å². The highest BCUT2D eigenvalue weighted by Gasteiger charge is 2.09. The number of carbonyl (C=O) groups excluding carboxylic acids is 1. The summed E-state index contributed by atoms with van der Waals surface area (Å²) in [4.78, 5) is 11.8. The van der Waals surface area contributed by atoms with E-state index in [1.165, 1.54) is 18.2 Å². The van der Waals surface area contributed by atoms with E-state index in [-0.39, 0.29) is 17.8 Å². The second-order valence-corrected chi connectivity index (χ2v) is 5.67. The monoisotopic (exact) mass is 379 g/mol. The van der Waals surface area contributed by atoms with Crippen molar-refractivity contribution in [2.45, 2.75) is 32.8 Å². The average Bonchev–Trinajstić information content (AvgIpc) is 2.32. The van der Waals surface area contributed by atoms with Crippen LogP contribution in [-0.4, -0.2) is 25.2 Å². The number of hydrogen-bond donors (Lipinski definition) is 1. The van der Waals surface area contributed by atoms with Gasteiger partial charge in [-0.15, -0.1) is 0 Å². The van der Waals surface area contributed by atoms with Crippen molar-refractivity contribution in [3.63, 3.8) is 0 Å². The SMILES string of the molecule is CC(C)OCCCCNC(=O)c1ccc(F)cc1I. The van der Waals surface area contributed by atoms with E-state index in [9.17, 15) is 9.18 Å². The van der Waals surface area contributed by atoms with Crippen molar-refractivity contribution in [2.75, 3.05) is 13.2 Å². The zero-order valence-corrected chi connectivity index (χ0v) is 13.4. The van der Waals surface area contributed by atoms with E-state index >= 15 is 0 Å². The Morgan fingerprint density at radius 3 is 2.79 bits per heavy atom. The summed E-state index contributed by atoms with van der Waals surface area (Å²) in [7, 11) is 0. The number of hydrogen-bond acceptors (Lipinski definition) is 2. The fourth-order valence-corrected chi connectivity index (χ4v) is 2.24. The Balaban J connectivity index is 2.28. The molecule has 1 aromatic rings. The van der Waals surface area contributed by atoms with E-state index in [0.29, 0.717) is 22.3 Å². The number of halogens is 2. The van der Waals surface area contributed by atoms with Crippen LogP contribution in [0, 0.1) is 9.39 Å². The predicted octanol–water partition coefficient (Wildman–Crippen LogP) is 3.37. The number of nitrogens with one attached hydrogen (secondary N) is 1. The molecule has 0 saturated heterocycles. The fraction of sp³-hybridized carbons (Fsp3) is 0.500. The van der Waals surface area contributed by atoms with Crippen LogP contribution in [0.2, 0.25) is 0 Å². The van der Waals surface area contributed by atoms with E-state index in [1.807, 2.05) is 36.4 Å². The maximum atomic E-state index is 12.9. The smallest absolute Gasteiger partial charge is 0.252 e. The maximum Gasteiger partial charge on any atom is 0.252 e. The number of ether oxygens (including phenoxy) is 1. The lowest BCUT2D eigenvalue weighted by atomic mass is 10.2. The highest BCUT2D eigenvalue weighted by molar-refractivity contribution is 14.1.